The fraction of sp³-hybridized carbons (Fsp3) is 0.417. The van der Waals surface area contributed by atoms with Gasteiger partial charge in [-0.15, -0.1) is 0 Å². The van der Waals surface area contributed by atoms with Gasteiger partial charge in [0.2, 0.25) is 10.0 Å². The molecule has 0 fully saturated rings. The third kappa shape index (κ3) is 4.87. The highest BCUT2D eigenvalue weighted by atomic mass is 32.2. The van der Waals surface area contributed by atoms with Crippen LogP contribution in [0.4, 0.5) is 5.69 Å². The maximum atomic E-state index is 11.2. The number of anilines is 1. The predicted octanol–water partition coefficient (Wildman–Crippen LogP) is 0.569. The van der Waals surface area contributed by atoms with E-state index in [4.69, 9.17) is 10.4 Å². The Balaban J connectivity index is 2.78. The molecule has 0 heterocycles. The summed E-state index contributed by atoms with van der Waals surface area (Å²) in [4.78, 5) is 2.01. The Kier molecular flexibility index (Phi) is 5.30. The number of sulfonamides is 1. The van der Waals surface area contributed by atoms with E-state index in [1.807, 2.05) is 20.2 Å². The van der Waals surface area contributed by atoms with E-state index in [1.54, 1.807) is 6.07 Å². The molecule has 1 aromatic carbocycles. The van der Waals surface area contributed by atoms with Crippen molar-refractivity contribution in [1.29, 1.82) is 5.26 Å². The van der Waals surface area contributed by atoms with Crippen LogP contribution in [0.15, 0.2) is 23.1 Å². The lowest BCUT2D eigenvalue weighted by molar-refractivity contribution is 0.405. The quantitative estimate of drug-likeness (QED) is 0.743. The Bertz CT molecular complexity index is 576. The molecule has 6 nitrogen and oxygen atoms in total. The van der Waals surface area contributed by atoms with E-state index in [9.17, 15) is 8.42 Å². The molecule has 1 aromatic rings. The Morgan fingerprint density at radius 3 is 2.63 bits per heavy atom. The van der Waals surface area contributed by atoms with Gasteiger partial charge in [-0.1, -0.05) is 0 Å². The zero-order valence-corrected chi connectivity index (χ0v) is 11.9. The topological polar surface area (TPSA) is 99.2 Å². The molecule has 1 rings (SSSR count). The molecule has 3 N–H and O–H groups in total. The summed E-state index contributed by atoms with van der Waals surface area (Å²) in [7, 11) is 0.201. The first-order valence-electron chi connectivity index (χ1n) is 5.80. The first-order chi connectivity index (χ1) is 8.84. The Morgan fingerprint density at radius 1 is 1.42 bits per heavy atom. The van der Waals surface area contributed by atoms with Crippen LogP contribution in [0.1, 0.15) is 12.0 Å². The van der Waals surface area contributed by atoms with Gasteiger partial charge in [-0.05, 0) is 45.3 Å². The lowest BCUT2D eigenvalue weighted by Gasteiger charge is -2.12. The monoisotopic (exact) mass is 282 g/mol. The second-order valence-corrected chi connectivity index (χ2v) is 6.01. The summed E-state index contributed by atoms with van der Waals surface area (Å²) >= 11 is 0. The SMILES string of the molecule is CN(C)CCCNc1ccc(S(N)(=O)=O)cc1C#N. The van der Waals surface area contributed by atoms with Crippen molar-refractivity contribution in [2.24, 2.45) is 5.14 Å². The van der Waals surface area contributed by atoms with Gasteiger partial charge in [0.1, 0.15) is 6.07 Å². The van der Waals surface area contributed by atoms with Crippen molar-refractivity contribution < 1.29 is 8.42 Å². The number of nitrogens with two attached hydrogens (primary N) is 1. The van der Waals surface area contributed by atoms with Crippen molar-refractivity contribution in [2.75, 3.05) is 32.5 Å². The van der Waals surface area contributed by atoms with E-state index >= 15 is 0 Å². The minimum atomic E-state index is -3.77. The number of primary sulfonamides is 1. The fourth-order valence-corrected chi connectivity index (χ4v) is 2.11. The molecule has 0 aliphatic carbocycles. The highest BCUT2D eigenvalue weighted by Gasteiger charge is 2.11. The van der Waals surface area contributed by atoms with Crippen LogP contribution in [-0.2, 0) is 10.0 Å². The molecule has 0 aliphatic heterocycles. The Morgan fingerprint density at radius 2 is 2.11 bits per heavy atom. The molecule has 0 aliphatic rings. The summed E-state index contributed by atoms with van der Waals surface area (Å²) < 4.78 is 22.4. The van der Waals surface area contributed by atoms with Crippen molar-refractivity contribution in [3.8, 4) is 6.07 Å². The van der Waals surface area contributed by atoms with Crippen LogP contribution >= 0.6 is 0 Å². The normalized spacial score (nSPS) is 11.3. The molecule has 0 aromatic heterocycles. The molecule has 0 atom stereocenters. The number of nitrogens with one attached hydrogen (secondary N) is 1. The lowest BCUT2D eigenvalue weighted by atomic mass is 10.2. The minimum Gasteiger partial charge on any atom is -0.384 e. The molecule has 0 amide bonds. The van der Waals surface area contributed by atoms with Crippen molar-refractivity contribution in [3.63, 3.8) is 0 Å². The minimum absolute atomic E-state index is 0.0529. The number of benzene rings is 1. The zero-order chi connectivity index (χ0) is 14.5. The average Bonchev–Trinajstić information content (AvgIpc) is 2.33. The smallest absolute Gasteiger partial charge is 0.238 e. The number of nitrogens with zero attached hydrogens (tertiary/aromatic N) is 2. The van der Waals surface area contributed by atoms with Gasteiger partial charge < -0.3 is 10.2 Å². The third-order valence-electron chi connectivity index (χ3n) is 2.54. The van der Waals surface area contributed by atoms with E-state index in [-0.39, 0.29) is 10.5 Å². The molecule has 0 saturated heterocycles. The van der Waals surface area contributed by atoms with Crippen LogP contribution in [-0.4, -0.2) is 40.5 Å². The summed E-state index contributed by atoms with van der Waals surface area (Å²) in [5.41, 5.74) is 0.894. The van der Waals surface area contributed by atoms with Gasteiger partial charge in [0.05, 0.1) is 16.1 Å². The fourth-order valence-electron chi connectivity index (χ4n) is 1.57. The molecule has 104 valence electrons. The molecule has 0 radical (unpaired) electrons. The summed E-state index contributed by atoms with van der Waals surface area (Å²) in [5, 5.41) is 17.2. The van der Waals surface area contributed by atoms with Gasteiger partial charge in [-0.25, -0.2) is 13.6 Å². The van der Waals surface area contributed by atoms with Crippen LogP contribution in [0.5, 0.6) is 0 Å². The van der Waals surface area contributed by atoms with Gasteiger partial charge in [0.25, 0.3) is 0 Å². The molecule has 7 heteroatoms. The van der Waals surface area contributed by atoms with E-state index in [0.29, 0.717) is 12.2 Å². The van der Waals surface area contributed by atoms with Gasteiger partial charge in [0.15, 0.2) is 0 Å². The molecule has 0 bridgehead atoms. The van der Waals surface area contributed by atoms with E-state index in [1.165, 1.54) is 12.1 Å². The second kappa shape index (κ2) is 6.52. The van der Waals surface area contributed by atoms with E-state index in [0.717, 1.165) is 13.0 Å². The van der Waals surface area contributed by atoms with Crippen LogP contribution < -0.4 is 10.5 Å². The standard InChI is InChI=1S/C12H18N4O2S/c1-16(2)7-3-6-15-12-5-4-11(19(14,17)18)8-10(12)9-13/h4-5,8,15H,3,6-7H2,1-2H3,(H2,14,17,18). The van der Waals surface area contributed by atoms with Gasteiger partial charge >= 0.3 is 0 Å². The van der Waals surface area contributed by atoms with Gasteiger partial charge in [0, 0.05) is 6.54 Å². The third-order valence-corrected chi connectivity index (χ3v) is 3.45. The maximum absolute atomic E-state index is 11.2. The summed E-state index contributed by atoms with van der Waals surface area (Å²) in [6, 6.07) is 6.20. The van der Waals surface area contributed by atoms with Crippen molar-refractivity contribution in [1.82, 2.24) is 4.90 Å². The van der Waals surface area contributed by atoms with Gasteiger partial charge in [-0.2, -0.15) is 5.26 Å². The van der Waals surface area contributed by atoms with E-state index < -0.39 is 10.0 Å². The number of nitriles is 1. The van der Waals surface area contributed by atoms with Crippen LogP contribution in [0.3, 0.4) is 0 Å². The molecular weight excluding hydrogens is 264 g/mol. The Hall–Kier alpha value is -1.62. The molecule has 0 saturated carbocycles. The highest BCUT2D eigenvalue weighted by molar-refractivity contribution is 7.89. The second-order valence-electron chi connectivity index (χ2n) is 4.45. The number of hydrogen-bond acceptors (Lipinski definition) is 5. The number of rotatable bonds is 6. The molecule has 0 spiro atoms. The predicted molar refractivity (Wildman–Crippen MR) is 74.2 cm³/mol. The summed E-state index contributed by atoms with van der Waals surface area (Å²) in [6.45, 7) is 1.64. The summed E-state index contributed by atoms with van der Waals surface area (Å²) in [5.74, 6) is 0. The van der Waals surface area contributed by atoms with Crippen molar-refractivity contribution in [3.05, 3.63) is 23.8 Å². The van der Waals surface area contributed by atoms with Crippen LogP contribution in [0.2, 0.25) is 0 Å². The first kappa shape index (κ1) is 15.4. The number of hydrogen-bond donors (Lipinski definition) is 2. The van der Waals surface area contributed by atoms with Gasteiger partial charge in [-0.3, -0.25) is 0 Å². The van der Waals surface area contributed by atoms with Crippen LogP contribution in [0.25, 0.3) is 0 Å². The lowest BCUT2D eigenvalue weighted by Crippen LogP contribution is -2.17. The zero-order valence-electron chi connectivity index (χ0n) is 11.0. The maximum Gasteiger partial charge on any atom is 0.238 e. The van der Waals surface area contributed by atoms with Crippen molar-refractivity contribution in [2.45, 2.75) is 11.3 Å². The highest BCUT2D eigenvalue weighted by Crippen LogP contribution is 2.19. The largest absolute Gasteiger partial charge is 0.384 e. The molecule has 0 unspecified atom stereocenters. The molecule has 19 heavy (non-hydrogen) atoms. The average molecular weight is 282 g/mol. The van der Waals surface area contributed by atoms with Crippen molar-refractivity contribution >= 4 is 15.7 Å². The summed E-state index contributed by atoms with van der Waals surface area (Å²) in [6.07, 6.45) is 0.925. The van der Waals surface area contributed by atoms with E-state index in [2.05, 4.69) is 10.2 Å². The molecular formula is C12H18N4O2S. The Labute approximate surface area is 113 Å². The first-order valence-corrected chi connectivity index (χ1v) is 7.35. The van der Waals surface area contributed by atoms with Crippen LogP contribution in [0, 0.1) is 11.3 Å².